The Morgan fingerprint density at radius 2 is 1.72 bits per heavy atom. The lowest BCUT2D eigenvalue weighted by Gasteiger charge is -2.18. The van der Waals surface area contributed by atoms with Gasteiger partial charge in [0.25, 0.3) is 0 Å². The average Bonchev–Trinajstić information content (AvgIpc) is 2.64. The minimum absolute atomic E-state index is 0.401. The second kappa shape index (κ2) is 10.9. The lowest BCUT2D eigenvalue weighted by Crippen LogP contribution is -2.23. The quantitative estimate of drug-likeness (QED) is 0.519. The van der Waals surface area contributed by atoms with E-state index in [0.717, 1.165) is 38.2 Å². The maximum atomic E-state index is 5.81. The van der Waals surface area contributed by atoms with Crippen molar-refractivity contribution in [2.24, 2.45) is 0 Å². The van der Waals surface area contributed by atoms with Crippen molar-refractivity contribution < 1.29 is 4.74 Å². The summed E-state index contributed by atoms with van der Waals surface area (Å²) in [5.41, 5.74) is 4.15. The fourth-order valence-corrected chi connectivity index (χ4v) is 3.11. The smallest absolute Gasteiger partial charge is 0.119 e. The third-order valence-corrected chi connectivity index (χ3v) is 4.75. The van der Waals surface area contributed by atoms with Gasteiger partial charge in [0.15, 0.2) is 0 Å². The Hall–Kier alpha value is -1.80. The summed E-state index contributed by atoms with van der Waals surface area (Å²) >= 11 is 0. The van der Waals surface area contributed by atoms with Gasteiger partial charge in [-0.25, -0.2) is 0 Å². The number of nitrogens with one attached hydrogen (secondary N) is 1. The van der Waals surface area contributed by atoms with Gasteiger partial charge in [0.2, 0.25) is 0 Å². The first kappa shape index (κ1) is 19.5. The van der Waals surface area contributed by atoms with E-state index in [4.69, 9.17) is 4.74 Å². The topological polar surface area (TPSA) is 21.3 Å². The van der Waals surface area contributed by atoms with Gasteiger partial charge in [-0.05, 0) is 61.6 Å². The first-order chi connectivity index (χ1) is 12.2. The zero-order valence-corrected chi connectivity index (χ0v) is 16.1. The number of hydrogen-bond donors (Lipinski definition) is 1. The molecule has 136 valence electrons. The molecule has 2 rings (SSSR count). The van der Waals surface area contributed by atoms with Crippen LogP contribution in [0.4, 0.5) is 0 Å². The van der Waals surface area contributed by atoms with Crippen LogP contribution in [0.2, 0.25) is 0 Å². The predicted molar refractivity (Wildman–Crippen MR) is 107 cm³/mol. The highest BCUT2D eigenvalue weighted by Crippen LogP contribution is 2.20. The van der Waals surface area contributed by atoms with E-state index in [0.29, 0.717) is 6.04 Å². The highest BCUT2D eigenvalue weighted by Gasteiger charge is 2.09. The van der Waals surface area contributed by atoms with Gasteiger partial charge in [0.05, 0.1) is 6.61 Å². The maximum absolute atomic E-state index is 5.81. The molecule has 0 aliphatic rings. The third kappa shape index (κ3) is 6.55. The first-order valence-electron chi connectivity index (χ1n) is 9.75. The summed E-state index contributed by atoms with van der Waals surface area (Å²) in [4.78, 5) is 0. The van der Waals surface area contributed by atoms with Gasteiger partial charge in [-0.2, -0.15) is 0 Å². The van der Waals surface area contributed by atoms with Crippen molar-refractivity contribution in [2.45, 2.75) is 58.9 Å². The van der Waals surface area contributed by atoms with Crippen molar-refractivity contribution in [1.82, 2.24) is 5.32 Å². The maximum Gasteiger partial charge on any atom is 0.119 e. The lowest BCUT2D eigenvalue weighted by molar-refractivity contribution is 0.306. The zero-order valence-electron chi connectivity index (χ0n) is 16.1. The molecular weight excluding hydrogens is 306 g/mol. The van der Waals surface area contributed by atoms with Crippen LogP contribution in [-0.2, 0) is 6.42 Å². The van der Waals surface area contributed by atoms with Gasteiger partial charge in [-0.15, -0.1) is 0 Å². The Labute approximate surface area is 153 Å². The summed E-state index contributed by atoms with van der Waals surface area (Å²) in [6, 6.07) is 17.6. The minimum atomic E-state index is 0.401. The van der Waals surface area contributed by atoms with Gasteiger partial charge < -0.3 is 10.1 Å². The van der Waals surface area contributed by atoms with E-state index in [-0.39, 0.29) is 0 Å². The number of aryl methyl sites for hydroxylation is 1. The third-order valence-electron chi connectivity index (χ3n) is 4.75. The molecule has 0 saturated carbocycles. The van der Waals surface area contributed by atoms with Crippen LogP contribution in [0.15, 0.2) is 48.5 Å². The van der Waals surface area contributed by atoms with Crippen LogP contribution < -0.4 is 10.1 Å². The molecule has 2 nitrogen and oxygen atoms in total. The van der Waals surface area contributed by atoms with Gasteiger partial charge in [-0.3, -0.25) is 0 Å². The summed E-state index contributed by atoms with van der Waals surface area (Å²) < 4.78 is 5.81. The Morgan fingerprint density at radius 1 is 0.960 bits per heavy atom. The molecule has 2 aromatic rings. The molecule has 1 unspecified atom stereocenters. The SMILES string of the molecule is CCCCCOc1ccc(C(CC)NCCc2ccccc2C)cc1. The normalized spacial score (nSPS) is 12.1. The van der Waals surface area contributed by atoms with Crippen molar-refractivity contribution >= 4 is 0 Å². The Balaban J connectivity index is 1.82. The molecule has 1 atom stereocenters. The van der Waals surface area contributed by atoms with E-state index < -0.39 is 0 Å². The number of ether oxygens (including phenoxy) is 1. The molecule has 2 aromatic carbocycles. The van der Waals surface area contributed by atoms with Crippen molar-refractivity contribution in [2.75, 3.05) is 13.2 Å². The molecule has 0 aliphatic heterocycles. The Kier molecular flexibility index (Phi) is 8.54. The Bertz CT molecular complexity index is 606. The molecule has 0 spiro atoms. The van der Waals surface area contributed by atoms with Gasteiger partial charge in [0, 0.05) is 6.04 Å². The molecule has 0 bridgehead atoms. The van der Waals surface area contributed by atoms with Gasteiger partial charge in [-0.1, -0.05) is 63.1 Å². The fourth-order valence-electron chi connectivity index (χ4n) is 3.11. The molecule has 0 amide bonds. The van der Waals surface area contributed by atoms with E-state index in [1.165, 1.54) is 29.5 Å². The number of unbranched alkanes of at least 4 members (excludes halogenated alkanes) is 2. The Morgan fingerprint density at radius 3 is 2.40 bits per heavy atom. The molecule has 2 heteroatoms. The molecule has 1 N–H and O–H groups in total. The highest BCUT2D eigenvalue weighted by molar-refractivity contribution is 5.29. The van der Waals surface area contributed by atoms with Crippen molar-refractivity contribution in [3.63, 3.8) is 0 Å². The summed E-state index contributed by atoms with van der Waals surface area (Å²) in [7, 11) is 0. The summed E-state index contributed by atoms with van der Waals surface area (Å²) in [6.07, 6.45) is 5.76. The standard InChI is InChI=1S/C23H33NO/c1-4-6-9-18-25-22-14-12-21(13-15-22)23(5-2)24-17-16-20-11-8-7-10-19(20)3/h7-8,10-15,23-24H,4-6,9,16-18H2,1-3H3. The van der Waals surface area contributed by atoms with Crippen LogP contribution >= 0.6 is 0 Å². The van der Waals surface area contributed by atoms with E-state index in [1.54, 1.807) is 0 Å². The predicted octanol–water partition coefficient (Wildman–Crippen LogP) is 5.85. The van der Waals surface area contributed by atoms with E-state index in [1.807, 2.05) is 0 Å². The van der Waals surface area contributed by atoms with Crippen LogP contribution in [0.1, 0.15) is 62.3 Å². The van der Waals surface area contributed by atoms with Crippen molar-refractivity contribution in [3.05, 3.63) is 65.2 Å². The molecule has 25 heavy (non-hydrogen) atoms. The molecular formula is C23H33NO. The lowest BCUT2D eigenvalue weighted by atomic mass is 10.0. The number of benzene rings is 2. The van der Waals surface area contributed by atoms with Crippen LogP contribution in [-0.4, -0.2) is 13.2 Å². The molecule has 0 saturated heterocycles. The van der Waals surface area contributed by atoms with E-state index >= 15 is 0 Å². The second-order valence-electron chi connectivity index (χ2n) is 6.72. The first-order valence-corrected chi connectivity index (χ1v) is 9.75. The monoisotopic (exact) mass is 339 g/mol. The molecule has 0 aromatic heterocycles. The average molecular weight is 340 g/mol. The van der Waals surface area contributed by atoms with Crippen LogP contribution in [0.25, 0.3) is 0 Å². The summed E-state index contributed by atoms with van der Waals surface area (Å²) in [6.45, 7) is 8.45. The second-order valence-corrected chi connectivity index (χ2v) is 6.72. The van der Waals surface area contributed by atoms with Crippen LogP contribution in [0, 0.1) is 6.92 Å². The fraction of sp³-hybridized carbons (Fsp3) is 0.478. The molecule has 0 radical (unpaired) electrons. The highest BCUT2D eigenvalue weighted by atomic mass is 16.5. The number of rotatable bonds is 11. The van der Waals surface area contributed by atoms with Gasteiger partial charge in [0.1, 0.15) is 5.75 Å². The largest absolute Gasteiger partial charge is 0.494 e. The van der Waals surface area contributed by atoms with Gasteiger partial charge >= 0.3 is 0 Å². The van der Waals surface area contributed by atoms with Crippen molar-refractivity contribution in [3.8, 4) is 5.75 Å². The van der Waals surface area contributed by atoms with Crippen molar-refractivity contribution in [1.29, 1.82) is 0 Å². The molecule has 0 heterocycles. The minimum Gasteiger partial charge on any atom is -0.494 e. The van der Waals surface area contributed by atoms with Crippen LogP contribution in [0.5, 0.6) is 5.75 Å². The zero-order chi connectivity index (χ0) is 17.9. The van der Waals surface area contributed by atoms with E-state index in [9.17, 15) is 0 Å². The summed E-state index contributed by atoms with van der Waals surface area (Å²) in [5.74, 6) is 0.981. The summed E-state index contributed by atoms with van der Waals surface area (Å²) in [5, 5.41) is 3.70. The number of hydrogen-bond acceptors (Lipinski definition) is 2. The van der Waals surface area contributed by atoms with E-state index in [2.05, 4.69) is 74.6 Å². The van der Waals surface area contributed by atoms with Crippen LogP contribution in [0.3, 0.4) is 0 Å². The molecule has 0 aliphatic carbocycles. The molecule has 0 fully saturated rings.